The van der Waals surface area contributed by atoms with Gasteiger partial charge in [0.1, 0.15) is 11.6 Å². The van der Waals surface area contributed by atoms with E-state index in [0.29, 0.717) is 0 Å². The molecule has 2 nitrogen and oxygen atoms in total. The van der Waals surface area contributed by atoms with Gasteiger partial charge in [0.15, 0.2) is 5.92 Å². The van der Waals surface area contributed by atoms with Crippen LogP contribution < -0.4 is 0 Å². The van der Waals surface area contributed by atoms with E-state index in [2.05, 4.69) is 0 Å². The normalized spacial score (nSPS) is 9.31. The minimum atomic E-state index is -1.39. The Hall–Kier alpha value is -1.94. The summed E-state index contributed by atoms with van der Waals surface area (Å²) in [7, 11) is 0. The van der Waals surface area contributed by atoms with Gasteiger partial charge in [0.2, 0.25) is 0 Å². The fourth-order valence-electron chi connectivity index (χ4n) is 0.944. The van der Waals surface area contributed by atoms with Crippen LogP contribution in [0.25, 0.3) is 0 Å². The molecule has 0 aliphatic carbocycles. The van der Waals surface area contributed by atoms with Gasteiger partial charge in [-0.3, -0.25) is 0 Å². The second kappa shape index (κ2) is 3.64. The molecule has 0 atom stereocenters. The quantitative estimate of drug-likeness (QED) is 0.661. The van der Waals surface area contributed by atoms with Gasteiger partial charge in [-0.25, -0.2) is 8.78 Å². The molecule has 0 fully saturated rings. The smallest absolute Gasteiger partial charge is 0.163 e. The van der Waals surface area contributed by atoms with Crippen LogP contribution in [0.4, 0.5) is 8.78 Å². The summed E-state index contributed by atoms with van der Waals surface area (Å²) in [6, 6.07) is 6.23. The second-order valence-corrected chi connectivity index (χ2v) is 2.33. The average molecular weight is 178 g/mol. The third kappa shape index (κ3) is 1.62. The van der Waals surface area contributed by atoms with Crippen LogP contribution in [0, 0.1) is 34.3 Å². The molecular formula is C9H4F2N2. The van der Waals surface area contributed by atoms with Crippen molar-refractivity contribution >= 4 is 0 Å². The zero-order chi connectivity index (χ0) is 9.84. The average Bonchev–Trinajstić information content (AvgIpc) is 2.11. The second-order valence-electron chi connectivity index (χ2n) is 2.33. The summed E-state index contributed by atoms with van der Waals surface area (Å²) in [6.45, 7) is 0. The Morgan fingerprint density at radius 3 is 1.92 bits per heavy atom. The Morgan fingerprint density at radius 1 is 1.08 bits per heavy atom. The Labute approximate surface area is 73.6 Å². The summed E-state index contributed by atoms with van der Waals surface area (Å²) in [4.78, 5) is 0. The molecule has 1 aromatic carbocycles. The fourth-order valence-corrected chi connectivity index (χ4v) is 0.944. The van der Waals surface area contributed by atoms with E-state index < -0.39 is 23.1 Å². The van der Waals surface area contributed by atoms with Crippen LogP contribution >= 0.6 is 0 Å². The van der Waals surface area contributed by atoms with Gasteiger partial charge in [0.05, 0.1) is 17.7 Å². The molecule has 1 aromatic rings. The summed E-state index contributed by atoms with van der Waals surface area (Å²) in [5.74, 6) is -3.12. The van der Waals surface area contributed by atoms with Crippen molar-refractivity contribution in [1.82, 2.24) is 0 Å². The lowest BCUT2D eigenvalue weighted by Crippen LogP contribution is -2.00. The predicted molar refractivity (Wildman–Crippen MR) is 40.3 cm³/mol. The zero-order valence-electron chi connectivity index (χ0n) is 6.46. The molecule has 0 spiro atoms. The van der Waals surface area contributed by atoms with Crippen LogP contribution in [0.15, 0.2) is 18.2 Å². The number of hydrogen-bond acceptors (Lipinski definition) is 2. The van der Waals surface area contributed by atoms with Crippen molar-refractivity contribution < 1.29 is 8.78 Å². The molecule has 0 heterocycles. The lowest BCUT2D eigenvalue weighted by atomic mass is 10.0. The van der Waals surface area contributed by atoms with Gasteiger partial charge in [-0.2, -0.15) is 10.5 Å². The lowest BCUT2D eigenvalue weighted by Gasteiger charge is -2.02. The molecule has 64 valence electrons. The van der Waals surface area contributed by atoms with Crippen LogP contribution in [-0.2, 0) is 0 Å². The van der Waals surface area contributed by atoms with Crippen LogP contribution in [-0.4, -0.2) is 0 Å². The number of benzene rings is 1. The fraction of sp³-hybridized carbons (Fsp3) is 0.111. The summed E-state index contributed by atoms with van der Waals surface area (Å²) < 4.78 is 25.9. The van der Waals surface area contributed by atoms with E-state index >= 15 is 0 Å². The Morgan fingerprint density at radius 2 is 1.54 bits per heavy atom. The standard InChI is InChI=1S/C9H4F2N2/c10-7-2-1-3-8(11)9(7)6(4-12)5-13/h1-3,6H. The van der Waals surface area contributed by atoms with Gasteiger partial charge in [0, 0.05) is 0 Å². The third-order valence-electron chi connectivity index (χ3n) is 1.55. The highest BCUT2D eigenvalue weighted by Gasteiger charge is 2.18. The minimum absolute atomic E-state index is 0.479. The third-order valence-corrected chi connectivity index (χ3v) is 1.55. The Kier molecular flexibility index (Phi) is 2.56. The van der Waals surface area contributed by atoms with Crippen molar-refractivity contribution in [2.75, 3.05) is 0 Å². The molecule has 4 heteroatoms. The molecule has 1 rings (SSSR count). The molecule has 0 aliphatic heterocycles. The molecule has 0 saturated heterocycles. The SMILES string of the molecule is N#CC(C#N)c1c(F)cccc1F. The van der Waals surface area contributed by atoms with Crippen molar-refractivity contribution in [2.45, 2.75) is 5.92 Å². The van der Waals surface area contributed by atoms with Gasteiger partial charge in [-0.15, -0.1) is 0 Å². The first-order chi connectivity index (χ1) is 6.20. The maximum absolute atomic E-state index is 12.9. The summed E-state index contributed by atoms with van der Waals surface area (Å²) in [5, 5.41) is 16.8. The molecule has 0 amide bonds. The number of rotatable bonds is 1. The number of nitrogens with zero attached hydrogens (tertiary/aromatic N) is 2. The topological polar surface area (TPSA) is 47.6 Å². The van der Waals surface area contributed by atoms with E-state index in [-0.39, 0.29) is 0 Å². The molecule has 0 radical (unpaired) electrons. The highest BCUT2D eigenvalue weighted by atomic mass is 19.1. The van der Waals surface area contributed by atoms with Crippen LogP contribution in [0.5, 0.6) is 0 Å². The first kappa shape index (κ1) is 9.15. The molecule has 0 aromatic heterocycles. The first-order valence-electron chi connectivity index (χ1n) is 3.44. The minimum Gasteiger partial charge on any atom is -0.207 e. The van der Waals surface area contributed by atoms with E-state index in [1.54, 1.807) is 0 Å². The van der Waals surface area contributed by atoms with Gasteiger partial charge < -0.3 is 0 Å². The van der Waals surface area contributed by atoms with E-state index in [1.807, 2.05) is 0 Å². The van der Waals surface area contributed by atoms with Gasteiger partial charge >= 0.3 is 0 Å². The molecular weight excluding hydrogens is 174 g/mol. The van der Waals surface area contributed by atoms with Crippen molar-refractivity contribution in [3.8, 4) is 12.1 Å². The molecule has 0 N–H and O–H groups in total. The van der Waals surface area contributed by atoms with Crippen LogP contribution in [0.3, 0.4) is 0 Å². The Balaban J connectivity index is 3.30. The van der Waals surface area contributed by atoms with E-state index in [9.17, 15) is 8.78 Å². The lowest BCUT2D eigenvalue weighted by molar-refractivity contribution is 0.557. The van der Waals surface area contributed by atoms with Gasteiger partial charge in [-0.1, -0.05) is 6.07 Å². The molecule has 0 unspecified atom stereocenters. The van der Waals surface area contributed by atoms with Crippen molar-refractivity contribution in [1.29, 1.82) is 10.5 Å². The van der Waals surface area contributed by atoms with E-state index in [0.717, 1.165) is 12.1 Å². The van der Waals surface area contributed by atoms with Crippen molar-refractivity contribution in [3.63, 3.8) is 0 Å². The largest absolute Gasteiger partial charge is 0.207 e. The van der Waals surface area contributed by atoms with E-state index in [4.69, 9.17) is 10.5 Å². The number of halogens is 2. The first-order valence-corrected chi connectivity index (χ1v) is 3.44. The Bertz CT molecular complexity index is 367. The highest BCUT2D eigenvalue weighted by Crippen LogP contribution is 2.21. The zero-order valence-corrected chi connectivity index (χ0v) is 6.46. The summed E-state index contributed by atoms with van der Waals surface area (Å²) in [5.41, 5.74) is -0.479. The predicted octanol–water partition coefficient (Wildman–Crippen LogP) is 2.10. The molecule has 0 aliphatic rings. The summed E-state index contributed by atoms with van der Waals surface area (Å²) in [6.07, 6.45) is 0. The van der Waals surface area contributed by atoms with Crippen molar-refractivity contribution in [2.24, 2.45) is 0 Å². The molecule has 0 saturated carbocycles. The maximum atomic E-state index is 12.9. The maximum Gasteiger partial charge on any atom is 0.163 e. The van der Waals surface area contributed by atoms with Crippen LogP contribution in [0.2, 0.25) is 0 Å². The van der Waals surface area contributed by atoms with E-state index in [1.165, 1.54) is 18.2 Å². The van der Waals surface area contributed by atoms with Crippen molar-refractivity contribution in [3.05, 3.63) is 35.4 Å². The number of nitriles is 2. The summed E-state index contributed by atoms with van der Waals surface area (Å²) >= 11 is 0. The van der Waals surface area contributed by atoms with Gasteiger partial charge in [0.25, 0.3) is 0 Å². The van der Waals surface area contributed by atoms with Crippen LogP contribution in [0.1, 0.15) is 11.5 Å². The van der Waals surface area contributed by atoms with Gasteiger partial charge in [-0.05, 0) is 12.1 Å². The monoisotopic (exact) mass is 178 g/mol. The molecule has 0 bridgehead atoms. The molecule has 13 heavy (non-hydrogen) atoms. The highest BCUT2D eigenvalue weighted by molar-refractivity contribution is 5.33. The number of hydrogen-bond donors (Lipinski definition) is 0.